The Bertz CT molecular complexity index is 230. The zero-order valence-electron chi connectivity index (χ0n) is 5.98. The van der Waals surface area contributed by atoms with E-state index in [0.717, 1.165) is 0 Å². The van der Waals surface area contributed by atoms with Crippen LogP contribution in [-0.2, 0) is 6.61 Å². The molecule has 3 N–H and O–H groups in total. The third kappa shape index (κ3) is 1.74. The lowest BCUT2D eigenvalue weighted by atomic mass is 10.6. The molecule has 0 aliphatic carbocycles. The first kappa shape index (κ1) is 7.67. The molecule has 0 aliphatic heterocycles. The number of aliphatic hydroxyl groups excluding tert-OH is 1. The van der Waals surface area contributed by atoms with Gasteiger partial charge in [-0.1, -0.05) is 0 Å². The van der Waals surface area contributed by atoms with Crippen molar-refractivity contribution in [1.29, 1.82) is 0 Å². The Labute approximate surface area is 63.1 Å². The Morgan fingerprint density at radius 1 is 1.45 bits per heavy atom. The molecular weight excluding hydrogens is 148 g/mol. The van der Waals surface area contributed by atoms with Gasteiger partial charge < -0.3 is 15.6 Å². The van der Waals surface area contributed by atoms with Crippen LogP contribution in [0.3, 0.4) is 0 Å². The van der Waals surface area contributed by atoms with E-state index in [2.05, 4.69) is 19.7 Å². The molecule has 0 radical (unpaired) electrons. The first-order valence-electron chi connectivity index (χ1n) is 2.91. The molecule has 6 heteroatoms. The molecule has 0 spiro atoms. The summed E-state index contributed by atoms with van der Waals surface area (Å²) >= 11 is 0. The number of nitrogen functional groups attached to an aromatic ring is 1. The van der Waals surface area contributed by atoms with Crippen LogP contribution in [0, 0.1) is 0 Å². The van der Waals surface area contributed by atoms with E-state index < -0.39 is 0 Å². The van der Waals surface area contributed by atoms with E-state index in [9.17, 15) is 0 Å². The van der Waals surface area contributed by atoms with Crippen LogP contribution in [0.2, 0.25) is 0 Å². The molecule has 0 fully saturated rings. The Hall–Kier alpha value is -1.43. The summed E-state index contributed by atoms with van der Waals surface area (Å²) in [7, 11) is 1.41. The van der Waals surface area contributed by atoms with Crippen molar-refractivity contribution in [3.63, 3.8) is 0 Å². The molecule has 1 heterocycles. The van der Waals surface area contributed by atoms with E-state index in [-0.39, 0.29) is 24.4 Å². The summed E-state index contributed by atoms with van der Waals surface area (Å²) in [4.78, 5) is 10.9. The van der Waals surface area contributed by atoms with Crippen molar-refractivity contribution in [1.82, 2.24) is 15.0 Å². The average molecular weight is 156 g/mol. The molecule has 0 unspecified atom stereocenters. The van der Waals surface area contributed by atoms with Gasteiger partial charge >= 0.3 is 6.01 Å². The van der Waals surface area contributed by atoms with Crippen molar-refractivity contribution < 1.29 is 9.84 Å². The van der Waals surface area contributed by atoms with Gasteiger partial charge in [-0.2, -0.15) is 15.0 Å². The van der Waals surface area contributed by atoms with Crippen LogP contribution < -0.4 is 10.5 Å². The fourth-order valence-corrected chi connectivity index (χ4v) is 0.578. The molecule has 0 saturated heterocycles. The highest BCUT2D eigenvalue weighted by molar-refractivity contribution is 5.17. The van der Waals surface area contributed by atoms with Crippen LogP contribution in [0.1, 0.15) is 5.82 Å². The van der Waals surface area contributed by atoms with Gasteiger partial charge in [0.25, 0.3) is 0 Å². The molecule has 60 valence electrons. The summed E-state index contributed by atoms with van der Waals surface area (Å²) in [6.07, 6.45) is 0. The van der Waals surface area contributed by atoms with Crippen LogP contribution >= 0.6 is 0 Å². The number of anilines is 1. The highest BCUT2D eigenvalue weighted by Gasteiger charge is 2.01. The van der Waals surface area contributed by atoms with Crippen molar-refractivity contribution >= 4 is 5.95 Å². The number of aliphatic hydroxyl groups is 1. The number of hydrogen-bond donors (Lipinski definition) is 2. The summed E-state index contributed by atoms with van der Waals surface area (Å²) in [5, 5.41) is 8.62. The van der Waals surface area contributed by atoms with Crippen LogP contribution in [0.5, 0.6) is 6.01 Å². The van der Waals surface area contributed by atoms with Gasteiger partial charge in [-0.25, -0.2) is 0 Å². The maximum absolute atomic E-state index is 8.62. The predicted octanol–water partition coefficient (Wildman–Crippen LogP) is -1.05. The summed E-state index contributed by atoms with van der Waals surface area (Å²) < 4.78 is 4.68. The minimum absolute atomic E-state index is 0.0425. The smallest absolute Gasteiger partial charge is 0.321 e. The van der Waals surface area contributed by atoms with Crippen LogP contribution in [0.15, 0.2) is 0 Å². The normalized spacial score (nSPS) is 9.64. The summed E-state index contributed by atoms with van der Waals surface area (Å²) in [5.41, 5.74) is 5.26. The summed E-state index contributed by atoms with van der Waals surface area (Å²) in [6, 6.07) is 0.113. The van der Waals surface area contributed by atoms with Crippen LogP contribution in [0.4, 0.5) is 5.95 Å². The van der Waals surface area contributed by atoms with E-state index in [1.807, 2.05) is 0 Å². The first-order chi connectivity index (χ1) is 5.26. The zero-order chi connectivity index (χ0) is 8.27. The molecule has 0 atom stereocenters. The largest absolute Gasteiger partial charge is 0.467 e. The molecule has 6 nitrogen and oxygen atoms in total. The van der Waals surface area contributed by atoms with E-state index >= 15 is 0 Å². The molecule has 1 aromatic heterocycles. The lowest BCUT2D eigenvalue weighted by Gasteiger charge is -1.99. The van der Waals surface area contributed by atoms with Crippen molar-refractivity contribution in [2.24, 2.45) is 0 Å². The minimum Gasteiger partial charge on any atom is -0.467 e. The monoisotopic (exact) mass is 156 g/mol. The fraction of sp³-hybridized carbons (Fsp3) is 0.400. The highest BCUT2D eigenvalue weighted by Crippen LogP contribution is 2.03. The van der Waals surface area contributed by atoms with E-state index in [4.69, 9.17) is 10.8 Å². The summed E-state index contributed by atoms with van der Waals surface area (Å²) in [5.74, 6) is 0.246. The molecule has 0 bridgehead atoms. The minimum atomic E-state index is -0.275. The third-order valence-electron chi connectivity index (χ3n) is 1.00. The standard InChI is InChI=1S/C5H8N4O2/c1-11-5-8-3(2-10)7-4(6)9-5/h10H,2H2,1H3,(H2,6,7,8,9). The van der Waals surface area contributed by atoms with Gasteiger partial charge in [0.15, 0.2) is 5.82 Å². The molecule has 0 aliphatic rings. The van der Waals surface area contributed by atoms with Gasteiger partial charge in [0.2, 0.25) is 5.95 Å². The second-order valence-electron chi connectivity index (χ2n) is 1.75. The Morgan fingerprint density at radius 3 is 2.73 bits per heavy atom. The predicted molar refractivity (Wildman–Crippen MR) is 36.7 cm³/mol. The quantitative estimate of drug-likeness (QED) is 0.567. The maximum Gasteiger partial charge on any atom is 0.321 e. The Morgan fingerprint density at radius 2 is 2.18 bits per heavy atom. The molecule has 1 aromatic rings. The number of methoxy groups -OCH3 is 1. The van der Waals surface area contributed by atoms with Gasteiger partial charge in [-0.05, 0) is 0 Å². The maximum atomic E-state index is 8.62. The van der Waals surface area contributed by atoms with Gasteiger partial charge in [0.1, 0.15) is 6.61 Å². The van der Waals surface area contributed by atoms with Gasteiger partial charge in [-0.3, -0.25) is 0 Å². The van der Waals surface area contributed by atoms with Crippen LogP contribution in [0.25, 0.3) is 0 Å². The van der Waals surface area contributed by atoms with E-state index in [0.29, 0.717) is 0 Å². The van der Waals surface area contributed by atoms with Crippen LogP contribution in [-0.4, -0.2) is 27.2 Å². The Kier molecular flexibility index (Phi) is 2.17. The number of hydrogen-bond acceptors (Lipinski definition) is 6. The fourth-order valence-electron chi connectivity index (χ4n) is 0.578. The SMILES string of the molecule is COc1nc(N)nc(CO)n1. The number of rotatable bonds is 2. The van der Waals surface area contributed by atoms with Gasteiger partial charge in [0.05, 0.1) is 7.11 Å². The van der Waals surface area contributed by atoms with Crippen molar-refractivity contribution in [3.05, 3.63) is 5.82 Å². The van der Waals surface area contributed by atoms with Crippen molar-refractivity contribution in [3.8, 4) is 6.01 Å². The topological polar surface area (TPSA) is 94.2 Å². The second-order valence-corrected chi connectivity index (χ2v) is 1.75. The summed E-state index contributed by atoms with van der Waals surface area (Å²) in [6.45, 7) is -0.275. The van der Waals surface area contributed by atoms with Crippen molar-refractivity contribution in [2.75, 3.05) is 12.8 Å². The number of nitrogens with two attached hydrogens (primary N) is 1. The van der Waals surface area contributed by atoms with E-state index in [1.165, 1.54) is 7.11 Å². The van der Waals surface area contributed by atoms with Crippen molar-refractivity contribution in [2.45, 2.75) is 6.61 Å². The Balaban J connectivity index is 3.02. The average Bonchev–Trinajstić information content (AvgIpc) is 2.03. The number of aromatic nitrogens is 3. The molecule has 0 saturated carbocycles. The molecule has 0 aromatic carbocycles. The number of ether oxygens (including phenoxy) is 1. The first-order valence-corrected chi connectivity index (χ1v) is 2.91. The lowest BCUT2D eigenvalue weighted by Crippen LogP contribution is -2.04. The zero-order valence-corrected chi connectivity index (χ0v) is 5.98. The second kappa shape index (κ2) is 3.11. The molecule has 11 heavy (non-hydrogen) atoms. The molecular formula is C5H8N4O2. The number of nitrogens with zero attached hydrogens (tertiary/aromatic N) is 3. The third-order valence-corrected chi connectivity index (χ3v) is 1.00. The van der Waals surface area contributed by atoms with Gasteiger partial charge in [-0.15, -0.1) is 0 Å². The lowest BCUT2D eigenvalue weighted by molar-refractivity contribution is 0.267. The highest BCUT2D eigenvalue weighted by atomic mass is 16.5. The van der Waals surface area contributed by atoms with E-state index in [1.54, 1.807) is 0 Å². The molecule has 1 rings (SSSR count). The molecule has 0 amide bonds. The van der Waals surface area contributed by atoms with Gasteiger partial charge in [0, 0.05) is 0 Å².